The van der Waals surface area contributed by atoms with E-state index in [1.54, 1.807) is 13.0 Å². The van der Waals surface area contributed by atoms with Crippen molar-refractivity contribution in [2.75, 3.05) is 5.32 Å². The zero-order valence-corrected chi connectivity index (χ0v) is 12.1. The molecular formula is C12H12N4OS2. The maximum atomic E-state index is 12.1. The molecule has 0 saturated heterocycles. The number of amides is 1. The number of nitrogens with one attached hydrogen (secondary N) is 1. The molecule has 1 amide bonds. The molecule has 0 radical (unpaired) electrons. The first kappa shape index (κ1) is 13.6. The minimum atomic E-state index is -0.254. The third-order valence-corrected chi connectivity index (χ3v) is 3.66. The smallest absolute Gasteiger partial charge is 0.269 e. The highest BCUT2D eigenvalue weighted by Gasteiger charge is 2.16. The Morgan fingerprint density at radius 2 is 2.16 bits per heavy atom. The van der Waals surface area contributed by atoms with E-state index >= 15 is 0 Å². The van der Waals surface area contributed by atoms with E-state index in [0.29, 0.717) is 21.8 Å². The van der Waals surface area contributed by atoms with Gasteiger partial charge < -0.3 is 11.1 Å². The van der Waals surface area contributed by atoms with Gasteiger partial charge in [-0.3, -0.25) is 4.79 Å². The first-order valence-electron chi connectivity index (χ1n) is 5.50. The number of nitrogens with two attached hydrogens (primary N) is 1. The molecule has 0 bridgehead atoms. The van der Waals surface area contributed by atoms with Crippen molar-refractivity contribution in [1.29, 1.82) is 0 Å². The molecule has 0 aliphatic carbocycles. The SMILES string of the molecule is Cc1cccc(NC(=O)c2snnc2C)c1C(N)=S. The Labute approximate surface area is 120 Å². The predicted octanol–water partition coefficient (Wildman–Crippen LogP) is 2.04. The Balaban J connectivity index is 2.35. The number of aryl methyl sites for hydroxylation is 2. The highest BCUT2D eigenvalue weighted by Crippen LogP contribution is 2.21. The van der Waals surface area contributed by atoms with Gasteiger partial charge in [-0.25, -0.2) is 0 Å². The van der Waals surface area contributed by atoms with Gasteiger partial charge in [-0.2, -0.15) is 0 Å². The predicted molar refractivity (Wildman–Crippen MR) is 79.7 cm³/mol. The van der Waals surface area contributed by atoms with Crippen molar-refractivity contribution in [3.63, 3.8) is 0 Å². The van der Waals surface area contributed by atoms with Crippen LogP contribution in [0, 0.1) is 13.8 Å². The summed E-state index contributed by atoms with van der Waals surface area (Å²) in [5.74, 6) is -0.254. The molecule has 1 aromatic carbocycles. The molecular weight excluding hydrogens is 280 g/mol. The molecule has 2 rings (SSSR count). The molecule has 0 spiro atoms. The average Bonchev–Trinajstić information content (AvgIpc) is 2.75. The number of anilines is 1. The van der Waals surface area contributed by atoms with Crippen molar-refractivity contribution < 1.29 is 4.79 Å². The molecule has 1 aromatic heterocycles. The van der Waals surface area contributed by atoms with Gasteiger partial charge in [0, 0.05) is 5.56 Å². The van der Waals surface area contributed by atoms with Crippen LogP contribution in [0.25, 0.3) is 0 Å². The van der Waals surface area contributed by atoms with E-state index in [1.807, 2.05) is 19.1 Å². The molecule has 2 aromatic rings. The maximum absolute atomic E-state index is 12.1. The molecule has 98 valence electrons. The van der Waals surface area contributed by atoms with Gasteiger partial charge in [0.2, 0.25) is 0 Å². The molecule has 0 aliphatic rings. The van der Waals surface area contributed by atoms with Crippen molar-refractivity contribution >= 4 is 40.3 Å². The third-order valence-electron chi connectivity index (χ3n) is 2.63. The van der Waals surface area contributed by atoms with Gasteiger partial charge in [0.05, 0.1) is 11.4 Å². The molecule has 0 unspecified atom stereocenters. The Morgan fingerprint density at radius 3 is 2.74 bits per heavy atom. The van der Waals surface area contributed by atoms with Crippen molar-refractivity contribution in [3.05, 3.63) is 39.9 Å². The number of carbonyl (C=O) groups excluding carboxylic acids is 1. The van der Waals surface area contributed by atoms with Crippen LogP contribution >= 0.6 is 23.8 Å². The number of aromatic nitrogens is 2. The van der Waals surface area contributed by atoms with E-state index < -0.39 is 0 Å². The lowest BCUT2D eigenvalue weighted by atomic mass is 10.1. The zero-order valence-electron chi connectivity index (χ0n) is 10.4. The summed E-state index contributed by atoms with van der Waals surface area (Å²) in [5.41, 5.74) is 8.51. The summed E-state index contributed by atoms with van der Waals surface area (Å²) in [4.78, 5) is 12.9. The minimum Gasteiger partial charge on any atom is -0.389 e. The highest BCUT2D eigenvalue weighted by molar-refractivity contribution is 7.80. The molecule has 3 N–H and O–H groups in total. The van der Waals surface area contributed by atoms with Crippen molar-refractivity contribution in [2.45, 2.75) is 13.8 Å². The summed E-state index contributed by atoms with van der Waals surface area (Å²) >= 11 is 6.08. The van der Waals surface area contributed by atoms with Gasteiger partial charge >= 0.3 is 0 Å². The second-order valence-electron chi connectivity index (χ2n) is 4.00. The van der Waals surface area contributed by atoms with Crippen molar-refractivity contribution in [3.8, 4) is 0 Å². The first-order valence-corrected chi connectivity index (χ1v) is 6.68. The number of thiocarbonyl (C=S) groups is 1. The zero-order chi connectivity index (χ0) is 14.0. The molecule has 5 nitrogen and oxygen atoms in total. The van der Waals surface area contributed by atoms with E-state index in [9.17, 15) is 4.79 Å². The largest absolute Gasteiger partial charge is 0.389 e. The van der Waals surface area contributed by atoms with Gasteiger partial charge in [0.15, 0.2) is 0 Å². The lowest BCUT2D eigenvalue weighted by molar-refractivity contribution is 0.103. The normalized spacial score (nSPS) is 10.2. The average molecular weight is 292 g/mol. The van der Waals surface area contributed by atoms with E-state index in [2.05, 4.69) is 14.9 Å². The monoisotopic (exact) mass is 292 g/mol. The van der Waals surface area contributed by atoms with E-state index in [1.165, 1.54) is 0 Å². The third kappa shape index (κ3) is 2.77. The Morgan fingerprint density at radius 1 is 1.42 bits per heavy atom. The molecule has 0 fully saturated rings. The highest BCUT2D eigenvalue weighted by atomic mass is 32.1. The van der Waals surface area contributed by atoms with Gasteiger partial charge in [-0.05, 0) is 37.0 Å². The summed E-state index contributed by atoms with van der Waals surface area (Å²) in [6, 6.07) is 5.50. The molecule has 1 heterocycles. The lowest BCUT2D eigenvalue weighted by Gasteiger charge is -2.11. The van der Waals surface area contributed by atoms with Crippen molar-refractivity contribution in [1.82, 2.24) is 9.59 Å². The van der Waals surface area contributed by atoms with Gasteiger partial charge in [0.1, 0.15) is 9.87 Å². The fourth-order valence-corrected chi connectivity index (χ4v) is 2.54. The van der Waals surface area contributed by atoms with Crippen LogP contribution in [-0.4, -0.2) is 20.5 Å². The minimum absolute atomic E-state index is 0.254. The Kier molecular flexibility index (Phi) is 3.87. The summed E-state index contributed by atoms with van der Waals surface area (Å²) in [6.07, 6.45) is 0. The number of nitrogens with zero attached hydrogens (tertiary/aromatic N) is 2. The summed E-state index contributed by atoms with van der Waals surface area (Å²) in [6.45, 7) is 3.63. The van der Waals surface area contributed by atoms with Crippen molar-refractivity contribution in [2.24, 2.45) is 5.73 Å². The van der Waals surface area contributed by atoms with Gasteiger partial charge in [-0.15, -0.1) is 5.10 Å². The van der Waals surface area contributed by atoms with Crippen LogP contribution in [0.4, 0.5) is 5.69 Å². The van der Waals surface area contributed by atoms with Crippen LogP contribution in [0.1, 0.15) is 26.5 Å². The number of hydrogen-bond acceptors (Lipinski definition) is 5. The Hall–Kier alpha value is -1.86. The van der Waals surface area contributed by atoms with Crippen LogP contribution in [0.2, 0.25) is 0 Å². The second-order valence-corrected chi connectivity index (χ2v) is 5.20. The molecule has 0 saturated carbocycles. The lowest BCUT2D eigenvalue weighted by Crippen LogP contribution is -2.18. The van der Waals surface area contributed by atoms with Crippen LogP contribution < -0.4 is 11.1 Å². The summed E-state index contributed by atoms with van der Waals surface area (Å²) in [5, 5.41) is 6.61. The number of carbonyl (C=O) groups is 1. The fraction of sp³-hybridized carbons (Fsp3) is 0.167. The number of benzene rings is 1. The molecule has 0 aliphatic heterocycles. The van der Waals surface area contributed by atoms with Gasteiger partial charge in [0.25, 0.3) is 5.91 Å². The fourth-order valence-electron chi connectivity index (χ4n) is 1.72. The van der Waals surface area contributed by atoms with E-state index in [4.69, 9.17) is 18.0 Å². The van der Waals surface area contributed by atoms with Crippen LogP contribution in [0.5, 0.6) is 0 Å². The summed E-state index contributed by atoms with van der Waals surface area (Å²) in [7, 11) is 0. The quantitative estimate of drug-likeness (QED) is 0.846. The number of hydrogen-bond donors (Lipinski definition) is 2. The maximum Gasteiger partial charge on any atom is 0.269 e. The number of rotatable bonds is 3. The first-order chi connectivity index (χ1) is 9.00. The molecule has 7 heteroatoms. The topological polar surface area (TPSA) is 80.9 Å². The van der Waals surface area contributed by atoms with E-state index in [0.717, 1.165) is 17.1 Å². The van der Waals surface area contributed by atoms with E-state index in [-0.39, 0.29) is 10.9 Å². The standard InChI is InChI=1S/C12H12N4OS2/c1-6-4-3-5-8(9(6)11(13)18)14-12(17)10-7(2)15-16-19-10/h3-5H,1-2H3,(H2,13,18)(H,14,17). The van der Waals surface area contributed by atoms with Crippen LogP contribution in [0.15, 0.2) is 18.2 Å². The van der Waals surface area contributed by atoms with Crippen LogP contribution in [-0.2, 0) is 0 Å². The molecule has 19 heavy (non-hydrogen) atoms. The Bertz CT molecular complexity index is 651. The second kappa shape index (κ2) is 5.41. The molecule has 0 atom stereocenters. The van der Waals surface area contributed by atoms with Gasteiger partial charge in [-0.1, -0.05) is 28.8 Å². The summed E-state index contributed by atoms with van der Waals surface area (Å²) < 4.78 is 3.74. The van der Waals surface area contributed by atoms with Crippen LogP contribution in [0.3, 0.4) is 0 Å².